The van der Waals surface area contributed by atoms with Crippen LogP contribution in [-0.2, 0) is 17.6 Å². The summed E-state index contributed by atoms with van der Waals surface area (Å²) >= 11 is 0. The van der Waals surface area contributed by atoms with Gasteiger partial charge in [-0.15, -0.1) is 0 Å². The molecule has 0 spiro atoms. The highest BCUT2D eigenvalue weighted by Gasteiger charge is 2.53. The molecule has 1 aromatic rings. The fraction of sp³-hybridized carbons (Fsp3) is 0.643. The minimum Gasteiger partial charge on any atom is -0.472 e. The maximum atomic E-state index is 12.2. The first-order valence-electron chi connectivity index (χ1n) is 6.19. The first-order chi connectivity index (χ1) is 7.90. The maximum Gasteiger partial charge on any atom is 0.143 e. The van der Waals surface area contributed by atoms with Gasteiger partial charge in [0.1, 0.15) is 5.78 Å². The number of carbonyl (C=O) groups excluding carboxylic acids is 1. The van der Waals surface area contributed by atoms with E-state index in [0.29, 0.717) is 19.3 Å². The Kier molecular flexibility index (Phi) is 2.09. The van der Waals surface area contributed by atoms with Gasteiger partial charge in [-0.05, 0) is 23.8 Å². The van der Waals surface area contributed by atoms with Crippen molar-refractivity contribution in [3.63, 3.8) is 0 Å². The van der Waals surface area contributed by atoms with Crippen molar-refractivity contribution in [2.75, 3.05) is 0 Å². The number of furan rings is 1. The minimum absolute atomic E-state index is 0.0519. The summed E-state index contributed by atoms with van der Waals surface area (Å²) in [5, 5.41) is 10.8. The van der Waals surface area contributed by atoms with Crippen LogP contribution in [0.25, 0.3) is 0 Å². The SMILES string of the molecule is CC1(C)CC2C(=O)Cc3cocc3CC2(O)C1. The Balaban J connectivity index is 2.04. The molecule has 3 rings (SSSR count). The van der Waals surface area contributed by atoms with E-state index in [1.807, 2.05) is 0 Å². The lowest BCUT2D eigenvalue weighted by Gasteiger charge is -2.27. The van der Waals surface area contributed by atoms with Crippen LogP contribution in [0.15, 0.2) is 16.9 Å². The Hall–Kier alpha value is -1.09. The third-order valence-corrected chi connectivity index (χ3v) is 4.27. The number of hydrogen-bond donors (Lipinski definition) is 1. The summed E-state index contributed by atoms with van der Waals surface area (Å²) in [7, 11) is 0. The molecule has 0 amide bonds. The van der Waals surface area contributed by atoms with Crippen LogP contribution in [0.2, 0.25) is 0 Å². The number of rotatable bonds is 0. The van der Waals surface area contributed by atoms with Gasteiger partial charge in [0.05, 0.1) is 18.1 Å². The Labute approximate surface area is 101 Å². The summed E-state index contributed by atoms with van der Waals surface area (Å²) in [6.07, 6.45) is 5.77. The van der Waals surface area contributed by atoms with Crippen molar-refractivity contribution in [1.29, 1.82) is 0 Å². The first kappa shape index (κ1) is 11.0. The van der Waals surface area contributed by atoms with Crippen LogP contribution in [0.5, 0.6) is 0 Å². The molecule has 2 atom stereocenters. The second-order valence-corrected chi connectivity index (χ2v) is 6.44. The fourth-order valence-electron chi connectivity index (χ4n) is 3.67. The zero-order chi connectivity index (χ0) is 12.3. The summed E-state index contributed by atoms with van der Waals surface area (Å²) in [5.41, 5.74) is 1.14. The van der Waals surface area contributed by atoms with E-state index in [4.69, 9.17) is 4.42 Å². The van der Waals surface area contributed by atoms with E-state index in [1.54, 1.807) is 12.5 Å². The van der Waals surface area contributed by atoms with E-state index in [-0.39, 0.29) is 17.1 Å². The average molecular weight is 234 g/mol. The lowest BCUT2D eigenvalue weighted by molar-refractivity contribution is -0.128. The van der Waals surface area contributed by atoms with Crippen LogP contribution in [0.3, 0.4) is 0 Å². The van der Waals surface area contributed by atoms with Gasteiger partial charge < -0.3 is 9.52 Å². The monoisotopic (exact) mass is 234 g/mol. The van der Waals surface area contributed by atoms with E-state index >= 15 is 0 Å². The number of aliphatic hydroxyl groups is 1. The summed E-state index contributed by atoms with van der Waals surface area (Å²) < 4.78 is 5.15. The maximum absolute atomic E-state index is 12.2. The molecule has 1 heterocycles. The van der Waals surface area contributed by atoms with Crippen molar-refractivity contribution in [2.45, 2.75) is 45.1 Å². The zero-order valence-electron chi connectivity index (χ0n) is 10.3. The van der Waals surface area contributed by atoms with Crippen molar-refractivity contribution in [1.82, 2.24) is 0 Å². The third kappa shape index (κ3) is 1.64. The van der Waals surface area contributed by atoms with Gasteiger partial charge in [-0.2, -0.15) is 0 Å². The molecule has 0 radical (unpaired) electrons. The lowest BCUT2D eigenvalue weighted by Crippen LogP contribution is -2.39. The van der Waals surface area contributed by atoms with Gasteiger partial charge in [0.25, 0.3) is 0 Å². The Morgan fingerprint density at radius 1 is 1.35 bits per heavy atom. The predicted molar refractivity (Wildman–Crippen MR) is 62.6 cm³/mol. The molecule has 0 saturated heterocycles. The van der Waals surface area contributed by atoms with Gasteiger partial charge in [0, 0.05) is 24.3 Å². The quantitative estimate of drug-likeness (QED) is 0.748. The molecule has 0 aliphatic heterocycles. The summed E-state index contributed by atoms with van der Waals surface area (Å²) in [6.45, 7) is 4.26. The largest absolute Gasteiger partial charge is 0.472 e. The van der Waals surface area contributed by atoms with Crippen LogP contribution < -0.4 is 0 Å². The average Bonchev–Trinajstić information content (AvgIpc) is 2.67. The van der Waals surface area contributed by atoms with Gasteiger partial charge in [-0.1, -0.05) is 13.8 Å². The molecule has 0 bridgehead atoms. The Morgan fingerprint density at radius 2 is 2.06 bits per heavy atom. The van der Waals surface area contributed by atoms with Crippen LogP contribution in [0.4, 0.5) is 0 Å². The third-order valence-electron chi connectivity index (χ3n) is 4.27. The number of ketones is 1. The molecule has 17 heavy (non-hydrogen) atoms. The van der Waals surface area contributed by atoms with Gasteiger partial charge >= 0.3 is 0 Å². The minimum atomic E-state index is -0.865. The van der Waals surface area contributed by atoms with E-state index in [0.717, 1.165) is 17.5 Å². The molecule has 1 saturated carbocycles. The molecule has 2 unspecified atom stereocenters. The van der Waals surface area contributed by atoms with Crippen LogP contribution in [-0.4, -0.2) is 16.5 Å². The van der Waals surface area contributed by atoms with Crippen LogP contribution in [0, 0.1) is 11.3 Å². The zero-order valence-corrected chi connectivity index (χ0v) is 10.3. The number of Topliss-reactive ketones (excluding diaryl/α,β-unsaturated/α-hetero) is 1. The van der Waals surface area contributed by atoms with Crippen LogP contribution in [0.1, 0.15) is 37.8 Å². The second-order valence-electron chi connectivity index (χ2n) is 6.44. The Bertz CT molecular complexity index is 472. The Morgan fingerprint density at radius 3 is 2.82 bits per heavy atom. The molecule has 1 fully saturated rings. The molecule has 92 valence electrons. The highest BCUT2D eigenvalue weighted by Crippen LogP contribution is 2.51. The van der Waals surface area contributed by atoms with Crippen molar-refractivity contribution >= 4 is 5.78 Å². The number of hydrogen-bond acceptors (Lipinski definition) is 3. The van der Waals surface area contributed by atoms with E-state index in [1.165, 1.54) is 0 Å². The number of fused-ring (bicyclic) bond motifs is 2. The molecule has 2 aliphatic rings. The first-order valence-corrected chi connectivity index (χ1v) is 6.19. The van der Waals surface area contributed by atoms with E-state index < -0.39 is 5.60 Å². The predicted octanol–water partition coefficient (Wildman–Crippen LogP) is 2.11. The molecular weight excluding hydrogens is 216 g/mol. The molecule has 0 aromatic carbocycles. The molecule has 3 heteroatoms. The highest BCUT2D eigenvalue weighted by atomic mass is 16.3. The molecular formula is C14H18O3. The second kappa shape index (κ2) is 3.22. The summed E-state index contributed by atoms with van der Waals surface area (Å²) in [4.78, 5) is 12.2. The van der Waals surface area contributed by atoms with Gasteiger partial charge in [-0.25, -0.2) is 0 Å². The van der Waals surface area contributed by atoms with Crippen molar-refractivity contribution in [2.24, 2.45) is 11.3 Å². The van der Waals surface area contributed by atoms with Crippen molar-refractivity contribution < 1.29 is 14.3 Å². The van der Waals surface area contributed by atoms with E-state index in [9.17, 15) is 9.90 Å². The molecule has 3 nitrogen and oxygen atoms in total. The van der Waals surface area contributed by atoms with Gasteiger partial charge in [0.2, 0.25) is 0 Å². The van der Waals surface area contributed by atoms with Gasteiger partial charge in [0.15, 0.2) is 0 Å². The fourth-order valence-corrected chi connectivity index (χ4v) is 3.67. The summed E-state index contributed by atoms with van der Waals surface area (Å²) in [5.74, 6) is -0.0388. The highest BCUT2D eigenvalue weighted by molar-refractivity contribution is 5.86. The van der Waals surface area contributed by atoms with Crippen molar-refractivity contribution in [3.05, 3.63) is 23.7 Å². The van der Waals surface area contributed by atoms with E-state index in [2.05, 4.69) is 13.8 Å². The topological polar surface area (TPSA) is 50.4 Å². The standard InChI is InChI=1S/C14H18O3/c1-13(2)5-11-12(15)3-9-6-17-7-10(9)4-14(11,16)8-13/h6-7,11,16H,3-5,8H2,1-2H3. The molecule has 1 N–H and O–H groups in total. The van der Waals surface area contributed by atoms with Gasteiger partial charge in [-0.3, -0.25) is 4.79 Å². The molecule has 2 aliphatic carbocycles. The normalized spacial score (nSPS) is 35.2. The van der Waals surface area contributed by atoms with Crippen LogP contribution >= 0.6 is 0 Å². The smallest absolute Gasteiger partial charge is 0.143 e. The molecule has 1 aromatic heterocycles. The number of carbonyl (C=O) groups is 1. The van der Waals surface area contributed by atoms with Crippen molar-refractivity contribution in [3.8, 4) is 0 Å². The lowest BCUT2D eigenvalue weighted by atomic mass is 9.84. The summed E-state index contributed by atoms with van der Waals surface area (Å²) in [6, 6.07) is 0.